The second kappa shape index (κ2) is 8.08. The van der Waals surface area contributed by atoms with E-state index >= 15 is 0 Å². The minimum atomic E-state index is -0.0998. The molecule has 1 unspecified atom stereocenters. The lowest BCUT2D eigenvalue weighted by atomic mass is 10.1. The Hall–Kier alpha value is -1.49. The molecule has 0 bridgehead atoms. The number of carbonyl (C=O) groups excluding carboxylic acids is 1. The van der Waals surface area contributed by atoms with Gasteiger partial charge < -0.3 is 15.1 Å². The van der Waals surface area contributed by atoms with Gasteiger partial charge in [0.25, 0.3) is 0 Å². The van der Waals surface area contributed by atoms with Crippen LogP contribution in [0.25, 0.3) is 0 Å². The summed E-state index contributed by atoms with van der Waals surface area (Å²) < 4.78 is 5.57. The van der Waals surface area contributed by atoms with E-state index in [1.807, 2.05) is 12.1 Å². The van der Waals surface area contributed by atoms with Crippen molar-refractivity contribution in [2.45, 2.75) is 39.2 Å². The van der Waals surface area contributed by atoms with Gasteiger partial charge in [0.2, 0.25) is 0 Å². The number of urea groups is 1. The van der Waals surface area contributed by atoms with E-state index in [0.29, 0.717) is 19.0 Å². The van der Waals surface area contributed by atoms with Crippen molar-refractivity contribution in [2.75, 3.05) is 26.2 Å². The van der Waals surface area contributed by atoms with Crippen LogP contribution in [-0.2, 0) is 0 Å². The fraction of sp³-hybridized carbons (Fsp3) is 0.688. The molecular formula is C16H27N3O2. The minimum Gasteiger partial charge on any atom is -0.468 e. The molecule has 5 heteroatoms. The van der Waals surface area contributed by atoms with E-state index in [-0.39, 0.29) is 12.1 Å². The van der Waals surface area contributed by atoms with Crippen LogP contribution in [0, 0.1) is 5.92 Å². The molecule has 0 aliphatic carbocycles. The molecule has 21 heavy (non-hydrogen) atoms. The first-order valence-electron chi connectivity index (χ1n) is 7.96. The molecule has 1 aliphatic rings. The molecule has 0 aromatic carbocycles. The summed E-state index contributed by atoms with van der Waals surface area (Å²) >= 11 is 0. The van der Waals surface area contributed by atoms with Crippen molar-refractivity contribution < 1.29 is 9.21 Å². The number of hydrogen-bond acceptors (Lipinski definition) is 3. The lowest BCUT2D eigenvalue weighted by molar-refractivity contribution is 0.143. The first-order chi connectivity index (χ1) is 10.2. The van der Waals surface area contributed by atoms with Gasteiger partial charge in [0, 0.05) is 13.1 Å². The third-order valence-electron chi connectivity index (χ3n) is 3.83. The predicted octanol–water partition coefficient (Wildman–Crippen LogP) is 2.76. The average molecular weight is 293 g/mol. The second-order valence-corrected chi connectivity index (χ2v) is 6.11. The monoisotopic (exact) mass is 293 g/mol. The Bertz CT molecular complexity index is 411. The van der Waals surface area contributed by atoms with Crippen molar-refractivity contribution in [3.8, 4) is 0 Å². The Morgan fingerprint density at radius 1 is 1.24 bits per heavy atom. The van der Waals surface area contributed by atoms with Crippen LogP contribution in [0.15, 0.2) is 22.8 Å². The molecule has 1 atom stereocenters. The third kappa shape index (κ3) is 5.08. The van der Waals surface area contributed by atoms with Gasteiger partial charge in [0.15, 0.2) is 0 Å². The topological polar surface area (TPSA) is 57.5 Å². The number of furan rings is 1. The molecule has 0 saturated carbocycles. The Morgan fingerprint density at radius 3 is 2.57 bits per heavy atom. The van der Waals surface area contributed by atoms with E-state index in [4.69, 9.17) is 4.42 Å². The lowest BCUT2D eigenvalue weighted by Gasteiger charge is -2.33. The van der Waals surface area contributed by atoms with E-state index < -0.39 is 0 Å². The Labute approximate surface area is 127 Å². The quantitative estimate of drug-likeness (QED) is 0.848. The maximum atomic E-state index is 11.8. The smallest absolute Gasteiger partial charge is 0.314 e. The summed E-state index contributed by atoms with van der Waals surface area (Å²) in [6, 6.07) is 3.93. The van der Waals surface area contributed by atoms with Crippen LogP contribution in [0.1, 0.15) is 44.9 Å². The first kappa shape index (κ1) is 15.9. The zero-order valence-electron chi connectivity index (χ0n) is 13.1. The van der Waals surface area contributed by atoms with Crippen molar-refractivity contribution >= 4 is 6.03 Å². The summed E-state index contributed by atoms with van der Waals surface area (Å²) in [7, 11) is 0. The molecule has 1 fully saturated rings. The summed E-state index contributed by atoms with van der Waals surface area (Å²) in [5, 5.41) is 5.86. The lowest BCUT2D eigenvalue weighted by Crippen LogP contribution is -2.44. The standard InChI is InChI=1S/C16H27N3O2/c1-13(2)11-17-16(20)18-12-14(15-7-6-10-21-15)19-8-4-3-5-9-19/h6-7,10,13-14H,3-5,8-9,11-12H2,1-2H3,(H2,17,18,20). The number of hydrogen-bond donors (Lipinski definition) is 2. The van der Waals surface area contributed by atoms with Crippen LogP contribution in [0.2, 0.25) is 0 Å². The zero-order valence-corrected chi connectivity index (χ0v) is 13.1. The molecule has 0 spiro atoms. The summed E-state index contributed by atoms with van der Waals surface area (Å²) in [5.74, 6) is 1.39. The molecule has 1 saturated heterocycles. The number of likely N-dealkylation sites (tertiary alicyclic amines) is 1. The molecule has 1 aliphatic heterocycles. The SMILES string of the molecule is CC(C)CNC(=O)NCC(c1ccco1)N1CCCCC1. The molecule has 0 radical (unpaired) electrons. The molecule has 118 valence electrons. The van der Waals surface area contributed by atoms with Crippen LogP contribution in [0.5, 0.6) is 0 Å². The maximum Gasteiger partial charge on any atom is 0.314 e. The largest absolute Gasteiger partial charge is 0.468 e. The summed E-state index contributed by atoms with van der Waals surface area (Å²) in [6.07, 6.45) is 5.43. The first-order valence-corrected chi connectivity index (χ1v) is 7.96. The van der Waals surface area contributed by atoms with Crippen LogP contribution in [0.4, 0.5) is 4.79 Å². The van der Waals surface area contributed by atoms with E-state index in [1.165, 1.54) is 19.3 Å². The van der Waals surface area contributed by atoms with Crippen molar-refractivity contribution in [2.24, 2.45) is 5.92 Å². The molecular weight excluding hydrogens is 266 g/mol. The van der Waals surface area contributed by atoms with E-state index in [1.54, 1.807) is 6.26 Å². The maximum absolute atomic E-state index is 11.8. The van der Waals surface area contributed by atoms with E-state index in [2.05, 4.69) is 29.4 Å². The van der Waals surface area contributed by atoms with Crippen molar-refractivity contribution in [3.63, 3.8) is 0 Å². The number of nitrogens with zero attached hydrogens (tertiary/aromatic N) is 1. The van der Waals surface area contributed by atoms with Crippen molar-refractivity contribution in [3.05, 3.63) is 24.2 Å². The second-order valence-electron chi connectivity index (χ2n) is 6.11. The summed E-state index contributed by atoms with van der Waals surface area (Å²) in [5.41, 5.74) is 0. The number of rotatable bonds is 6. The molecule has 1 aromatic heterocycles. The van der Waals surface area contributed by atoms with Gasteiger partial charge in [-0.05, 0) is 44.0 Å². The number of piperidine rings is 1. The van der Waals surface area contributed by atoms with Gasteiger partial charge in [0.1, 0.15) is 5.76 Å². The summed E-state index contributed by atoms with van der Waals surface area (Å²) in [6.45, 7) is 7.58. The van der Waals surface area contributed by atoms with Crippen LogP contribution >= 0.6 is 0 Å². The molecule has 2 N–H and O–H groups in total. The minimum absolute atomic E-state index is 0.0998. The highest BCUT2D eigenvalue weighted by molar-refractivity contribution is 5.73. The van der Waals surface area contributed by atoms with Crippen molar-refractivity contribution in [1.29, 1.82) is 0 Å². The molecule has 2 amide bonds. The Morgan fingerprint density at radius 2 is 1.95 bits per heavy atom. The van der Waals surface area contributed by atoms with Gasteiger partial charge in [-0.25, -0.2) is 4.79 Å². The predicted molar refractivity (Wildman–Crippen MR) is 83.1 cm³/mol. The van der Waals surface area contributed by atoms with Crippen LogP contribution in [-0.4, -0.2) is 37.1 Å². The van der Waals surface area contributed by atoms with Crippen LogP contribution < -0.4 is 10.6 Å². The van der Waals surface area contributed by atoms with Gasteiger partial charge in [0.05, 0.1) is 12.3 Å². The van der Waals surface area contributed by atoms with Gasteiger partial charge in [-0.1, -0.05) is 20.3 Å². The summed E-state index contributed by atoms with van der Waals surface area (Å²) in [4.78, 5) is 14.2. The molecule has 2 rings (SSSR count). The van der Waals surface area contributed by atoms with Gasteiger partial charge >= 0.3 is 6.03 Å². The van der Waals surface area contributed by atoms with E-state index in [9.17, 15) is 4.79 Å². The van der Waals surface area contributed by atoms with Gasteiger partial charge in [-0.15, -0.1) is 0 Å². The number of nitrogens with one attached hydrogen (secondary N) is 2. The zero-order chi connectivity index (χ0) is 15.1. The molecule has 1 aromatic rings. The molecule has 2 heterocycles. The average Bonchev–Trinajstić information content (AvgIpc) is 3.00. The normalized spacial score (nSPS) is 17.7. The fourth-order valence-corrected chi connectivity index (χ4v) is 2.67. The number of carbonyl (C=O) groups is 1. The Balaban J connectivity index is 1.88. The Kier molecular flexibility index (Phi) is 6.11. The number of amides is 2. The van der Waals surface area contributed by atoms with Gasteiger partial charge in [-0.2, -0.15) is 0 Å². The fourth-order valence-electron chi connectivity index (χ4n) is 2.67. The van der Waals surface area contributed by atoms with Crippen molar-refractivity contribution in [1.82, 2.24) is 15.5 Å². The molecule has 5 nitrogen and oxygen atoms in total. The third-order valence-corrected chi connectivity index (χ3v) is 3.83. The highest BCUT2D eigenvalue weighted by atomic mass is 16.3. The highest BCUT2D eigenvalue weighted by Crippen LogP contribution is 2.24. The van der Waals surface area contributed by atoms with E-state index in [0.717, 1.165) is 18.8 Å². The van der Waals surface area contributed by atoms with Gasteiger partial charge in [-0.3, -0.25) is 4.90 Å². The highest BCUT2D eigenvalue weighted by Gasteiger charge is 2.24. The van der Waals surface area contributed by atoms with Crippen LogP contribution in [0.3, 0.4) is 0 Å².